The molecule has 1 unspecified atom stereocenters. The number of carboxylic acids is 1. The summed E-state index contributed by atoms with van der Waals surface area (Å²) in [4.78, 5) is 41.3. The fourth-order valence-electron chi connectivity index (χ4n) is 4.55. The van der Waals surface area contributed by atoms with Crippen LogP contribution >= 0.6 is 0 Å². The van der Waals surface area contributed by atoms with Crippen LogP contribution in [0.3, 0.4) is 0 Å². The predicted molar refractivity (Wildman–Crippen MR) is 106 cm³/mol. The van der Waals surface area contributed by atoms with Crippen LogP contribution in [0.2, 0.25) is 0 Å². The van der Waals surface area contributed by atoms with Gasteiger partial charge in [0, 0.05) is 26.1 Å². The van der Waals surface area contributed by atoms with E-state index in [4.69, 9.17) is 0 Å². The Bertz CT molecular complexity index is 711. The predicted octanol–water partition coefficient (Wildman–Crippen LogP) is 2.81. The third kappa shape index (κ3) is 3.91. The SMILES string of the molecule is CCCC(=O)N1CCCCC1C(=O)N1CCC(C(=O)O)(c2ccccc2)CC1. The Morgan fingerprint density at radius 1 is 1.07 bits per heavy atom. The molecule has 2 amide bonds. The van der Waals surface area contributed by atoms with E-state index in [1.54, 1.807) is 9.80 Å². The molecule has 0 saturated carbocycles. The van der Waals surface area contributed by atoms with Gasteiger partial charge in [-0.25, -0.2) is 0 Å². The van der Waals surface area contributed by atoms with Gasteiger partial charge in [0.25, 0.3) is 0 Å². The largest absolute Gasteiger partial charge is 0.481 e. The van der Waals surface area contributed by atoms with E-state index in [2.05, 4.69) is 0 Å². The lowest BCUT2D eigenvalue weighted by Crippen LogP contribution is -2.56. The van der Waals surface area contributed by atoms with Crippen LogP contribution in [0.25, 0.3) is 0 Å². The van der Waals surface area contributed by atoms with Crippen molar-refractivity contribution in [2.24, 2.45) is 0 Å². The van der Waals surface area contributed by atoms with Gasteiger partial charge in [-0.05, 0) is 44.1 Å². The summed E-state index contributed by atoms with van der Waals surface area (Å²) >= 11 is 0. The summed E-state index contributed by atoms with van der Waals surface area (Å²) in [5.74, 6) is -0.791. The minimum atomic E-state index is -0.942. The second-order valence-corrected chi connectivity index (χ2v) is 7.93. The van der Waals surface area contributed by atoms with Gasteiger partial charge in [-0.2, -0.15) is 0 Å². The molecule has 0 aromatic heterocycles. The fourth-order valence-corrected chi connectivity index (χ4v) is 4.55. The van der Waals surface area contributed by atoms with E-state index < -0.39 is 11.4 Å². The number of amides is 2. The molecular weight excluding hydrogens is 356 g/mol. The molecule has 28 heavy (non-hydrogen) atoms. The molecule has 3 rings (SSSR count). The molecule has 1 aromatic rings. The van der Waals surface area contributed by atoms with Gasteiger partial charge in [-0.1, -0.05) is 37.3 Å². The van der Waals surface area contributed by atoms with Crippen LogP contribution in [-0.2, 0) is 19.8 Å². The summed E-state index contributed by atoms with van der Waals surface area (Å²) < 4.78 is 0. The molecule has 0 aliphatic carbocycles. The smallest absolute Gasteiger partial charge is 0.314 e. The molecule has 1 N–H and O–H groups in total. The van der Waals surface area contributed by atoms with Crippen molar-refractivity contribution >= 4 is 17.8 Å². The topological polar surface area (TPSA) is 77.9 Å². The maximum Gasteiger partial charge on any atom is 0.314 e. The summed E-state index contributed by atoms with van der Waals surface area (Å²) in [5, 5.41) is 9.93. The first-order valence-electron chi connectivity index (χ1n) is 10.4. The third-order valence-electron chi connectivity index (χ3n) is 6.24. The molecule has 152 valence electrons. The quantitative estimate of drug-likeness (QED) is 0.844. The van der Waals surface area contributed by atoms with E-state index in [1.807, 2.05) is 37.3 Å². The van der Waals surface area contributed by atoms with Crippen molar-refractivity contribution in [2.75, 3.05) is 19.6 Å². The lowest BCUT2D eigenvalue weighted by Gasteiger charge is -2.43. The Labute approximate surface area is 166 Å². The van der Waals surface area contributed by atoms with E-state index in [-0.39, 0.29) is 17.9 Å². The van der Waals surface area contributed by atoms with Crippen LogP contribution in [0.5, 0.6) is 0 Å². The first kappa shape index (κ1) is 20.4. The first-order chi connectivity index (χ1) is 13.5. The number of likely N-dealkylation sites (tertiary alicyclic amines) is 2. The average Bonchev–Trinajstić information content (AvgIpc) is 2.74. The van der Waals surface area contributed by atoms with Gasteiger partial charge in [0.15, 0.2) is 0 Å². The highest BCUT2D eigenvalue weighted by atomic mass is 16.4. The second kappa shape index (κ2) is 8.76. The number of aliphatic carboxylic acids is 1. The van der Waals surface area contributed by atoms with Crippen molar-refractivity contribution in [3.63, 3.8) is 0 Å². The standard InChI is InChI=1S/C22H30N2O4/c1-2-8-19(25)24-14-7-6-11-18(24)20(26)23-15-12-22(13-16-23,21(27)28)17-9-4-3-5-10-17/h3-5,9-10,18H,2,6-8,11-16H2,1H3,(H,27,28). The number of carboxylic acid groups (broad SMARTS) is 1. The summed E-state index contributed by atoms with van der Waals surface area (Å²) in [5.41, 5.74) is -0.144. The number of hydrogen-bond donors (Lipinski definition) is 1. The number of piperidine rings is 2. The van der Waals surface area contributed by atoms with E-state index >= 15 is 0 Å². The van der Waals surface area contributed by atoms with Gasteiger partial charge in [0.2, 0.25) is 11.8 Å². The zero-order valence-corrected chi connectivity index (χ0v) is 16.6. The summed E-state index contributed by atoms with van der Waals surface area (Å²) in [6, 6.07) is 8.92. The molecule has 2 heterocycles. The summed E-state index contributed by atoms with van der Waals surface area (Å²) in [7, 11) is 0. The highest BCUT2D eigenvalue weighted by Gasteiger charge is 2.45. The van der Waals surface area contributed by atoms with Gasteiger partial charge in [0.05, 0.1) is 5.41 Å². The molecular formula is C22H30N2O4. The maximum absolute atomic E-state index is 13.2. The van der Waals surface area contributed by atoms with Crippen LogP contribution in [-0.4, -0.2) is 58.4 Å². The Morgan fingerprint density at radius 2 is 1.75 bits per heavy atom. The average molecular weight is 386 g/mol. The molecule has 0 bridgehead atoms. The van der Waals surface area contributed by atoms with Gasteiger partial charge in [-0.15, -0.1) is 0 Å². The normalized spacial score (nSPS) is 22.0. The van der Waals surface area contributed by atoms with Crippen molar-refractivity contribution < 1.29 is 19.5 Å². The van der Waals surface area contributed by atoms with Crippen molar-refractivity contribution in [2.45, 2.75) is 63.3 Å². The van der Waals surface area contributed by atoms with Crippen molar-refractivity contribution in [1.29, 1.82) is 0 Å². The highest BCUT2D eigenvalue weighted by molar-refractivity contribution is 5.88. The number of benzene rings is 1. The van der Waals surface area contributed by atoms with Crippen LogP contribution in [0.1, 0.15) is 57.4 Å². The fraction of sp³-hybridized carbons (Fsp3) is 0.591. The lowest BCUT2D eigenvalue weighted by atomic mass is 9.72. The van der Waals surface area contributed by atoms with Crippen LogP contribution < -0.4 is 0 Å². The Kier molecular flexibility index (Phi) is 6.37. The number of carbonyl (C=O) groups is 3. The van der Waals surface area contributed by atoms with E-state index in [1.165, 1.54) is 0 Å². The third-order valence-corrected chi connectivity index (χ3v) is 6.24. The molecule has 2 fully saturated rings. The van der Waals surface area contributed by atoms with Gasteiger partial charge >= 0.3 is 5.97 Å². The second-order valence-electron chi connectivity index (χ2n) is 7.93. The van der Waals surface area contributed by atoms with E-state index in [0.29, 0.717) is 45.3 Å². The van der Waals surface area contributed by atoms with Crippen LogP contribution in [0, 0.1) is 0 Å². The number of hydrogen-bond acceptors (Lipinski definition) is 3. The molecule has 2 saturated heterocycles. The van der Waals surface area contributed by atoms with Crippen LogP contribution in [0.15, 0.2) is 30.3 Å². The highest BCUT2D eigenvalue weighted by Crippen LogP contribution is 2.36. The molecule has 0 radical (unpaired) electrons. The molecule has 1 atom stereocenters. The molecule has 2 aliphatic rings. The van der Waals surface area contributed by atoms with Crippen molar-refractivity contribution in [1.82, 2.24) is 9.80 Å². The number of rotatable bonds is 5. The number of carbonyl (C=O) groups excluding carboxylic acids is 2. The van der Waals surface area contributed by atoms with Crippen molar-refractivity contribution in [3.05, 3.63) is 35.9 Å². The van der Waals surface area contributed by atoms with Crippen molar-refractivity contribution in [3.8, 4) is 0 Å². The Hall–Kier alpha value is -2.37. The zero-order chi connectivity index (χ0) is 20.1. The molecule has 6 nitrogen and oxygen atoms in total. The summed E-state index contributed by atoms with van der Waals surface area (Å²) in [6.07, 6.45) is 4.63. The van der Waals surface area contributed by atoms with Gasteiger partial charge in [-0.3, -0.25) is 14.4 Å². The first-order valence-corrected chi connectivity index (χ1v) is 10.4. The zero-order valence-electron chi connectivity index (χ0n) is 16.6. The van der Waals surface area contributed by atoms with Gasteiger partial charge in [0.1, 0.15) is 6.04 Å². The number of nitrogens with zero attached hydrogens (tertiary/aromatic N) is 2. The van der Waals surface area contributed by atoms with E-state index in [0.717, 1.165) is 24.8 Å². The minimum absolute atomic E-state index is 0.0174. The molecule has 6 heteroatoms. The lowest BCUT2D eigenvalue weighted by molar-refractivity contribution is -0.152. The van der Waals surface area contributed by atoms with Crippen LogP contribution in [0.4, 0.5) is 0 Å². The Balaban J connectivity index is 1.72. The molecule has 0 spiro atoms. The minimum Gasteiger partial charge on any atom is -0.481 e. The molecule has 1 aromatic carbocycles. The molecule has 2 aliphatic heterocycles. The Morgan fingerprint density at radius 3 is 2.36 bits per heavy atom. The monoisotopic (exact) mass is 386 g/mol. The van der Waals surface area contributed by atoms with Gasteiger partial charge < -0.3 is 14.9 Å². The maximum atomic E-state index is 13.2. The summed E-state index contributed by atoms with van der Waals surface area (Å²) in [6.45, 7) is 3.43. The van der Waals surface area contributed by atoms with E-state index in [9.17, 15) is 19.5 Å².